The molecule has 0 atom stereocenters. The molecule has 0 fully saturated rings. The van der Waals surface area contributed by atoms with Crippen LogP contribution in [-0.2, 0) is 16.2 Å². The SMILES string of the molecule is CC(C)(C)c1cc(-c2cccc(-c3ccccc3)c2Nc2ccccc2Nc2cccc(Oc3ccc4c(c3)N(c3cc(C(C)(C)C)ccn3)c3ccccc3[Si]4(C)C)c2)cc(C(C)(C)C)c1. The van der Waals surface area contributed by atoms with Gasteiger partial charge < -0.3 is 15.4 Å². The lowest BCUT2D eigenvalue weighted by atomic mass is 9.78. The van der Waals surface area contributed by atoms with E-state index in [1.165, 1.54) is 38.3 Å². The predicted octanol–water partition coefficient (Wildman–Crippen LogP) is 16.2. The average Bonchev–Trinajstić information content (AvgIpc) is 3.29. The molecule has 1 aliphatic heterocycles. The zero-order valence-electron chi connectivity index (χ0n) is 41.0. The van der Waals surface area contributed by atoms with Gasteiger partial charge in [-0.15, -0.1) is 0 Å². The second-order valence-corrected chi connectivity index (χ2v) is 26.0. The quantitative estimate of drug-likeness (QED) is 0.141. The van der Waals surface area contributed by atoms with E-state index in [1.807, 2.05) is 18.3 Å². The highest BCUT2D eigenvalue weighted by atomic mass is 28.3. The number of benzene rings is 7. The maximum atomic E-state index is 6.78. The maximum Gasteiger partial charge on any atom is 0.137 e. The van der Waals surface area contributed by atoms with E-state index in [1.54, 1.807) is 0 Å². The van der Waals surface area contributed by atoms with Gasteiger partial charge in [0, 0.05) is 40.8 Å². The highest BCUT2D eigenvalue weighted by Gasteiger charge is 2.39. The molecule has 0 spiro atoms. The summed E-state index contributed by atoms with van der Waals surface area (Å²) >= 11 is 0. The molecule has 0 saturated carbocycles. The zero-order valence-corrected chi connectivity index (χ0v) is 42.0. The lowest BCUT2D eigenvalue weighted by molar-refractivity contribution is 0.483. The molecule has 1 aromatic heterocycles. The Hall–Kier alpha value is -6.89. The van der Waals surface area contributed by atoms with Gasteiger partial charge in [-0.1, -0.05) is 185 Å². The highest BCUT2D eigenvalue weighted by molar-refractivity contribution is 7.02. The monoisotopic (exact) mass is 896 g/mol. The van der Waals surface area contributed by atoms with Gasteiger partial charge in [0.2, 0.25) is 0 Å². The molecule has 0 unspecified atom stereocenters. The topological polar surface area (TPSA) is 49.4 Å². The number of rotatable bonds is 9. The van der Waals surface area contributed by atoms with E-state index in [-0.39, 0.29) is 16.2 Å². The predicted molar refractivity (Wildman–Crippen MR) is 289 cm³/mol. The van der Waals surface area contributed by atoms with Gasteiger partial charge in [-0.05, 0) is 103 Å². The Morgan fingerprint density at radius 2 is 1.04 bits per heavy atom. The van der Waals surface area contributed by atoms with Crippen LogP contribution in [-0.4, -0.2) is 13.1 Å². The van der Waals surface area contributed by atoms with Crippen molar-refractivity contribution in [3.8, 4) is 33.8 Å². The van der Waals surface area contributed by atoms with Gasteiger partial charge in [0.05, 0.1) is 22.7 Å². The Labute approximate surface area is 400 Å². The van der Waals surface area contributed by atoms with Crippen molar-refractivity contribution in [2.75, 3.05) is 15.5 Å². The van der Waals surface area contributed by atoms with Gasteiger partial charge in [0.1, 0.15) is 25.4 Å². The summed E-state index contributed by atoms with van der Waals surface area (Å²) in [7, 11) is -2.07. The highest BCUT2D eigenvalue weighted by Crippen LogP contribution is 2.44. The number of pyridine rings is 1. The number of anilines is 7. The Kier molecular flexibility index (Phi) is 11.8. The number of ether oxygens (including phenoxy) is 1. The molecule has 0 bridgehead atoms. The van der Waals surface area contributed by atoms with Crippen LogP contribution >= 0.6 is 0 Å². The smallest absolute Gasteiger partial charge is 0.137 e. The third kappa shape index (κ3) is 9.28. The van der Waals surface area contributed by atoms with Gasteiger partial charge in [0.25, 0.3) is 0 Å². The van der Waals surface area contributed by atoms with Crippen LogP contribution in [0.3, 0.4) is 0 Å². The van der Waals surface area contributed by atoms with Crippen LogP contribution < -0.4 is 30.6 Å². The van der Waals surface area contributed by atoms with Gasteiger partial charge in [-0.3, -0.25) is 4.90 Å². The first-order chi connectivity index (χ1) is 31.8. The van der Waals surface area contributed by atoms with Gasteiger partial charge in [-0.25, -0.2) is 4.98 Å². The molecule has 0 amide bonds. The Morgan fingerprint density at radius 1 is 0.463 bits per heavy atom. The lowest BCUT2D eigenvalue weighted by Crippen LogP contribution is -2.58. The molecule has 0 saturated heterocycles. The number of nitrogens with one attached hydrogen (secondary N) is 2. The standard InChI is InChI=1S/C61H64N4OSi/c1-59(2,3)43-33-34-62-57(38-43)65-53-29-17-18-30-55(53)67(10,11)56-32-31-48(40-54(56)65)66-47-24-19-23-46(39-47)63-51-27-15-16-28-52(51)64-58-49(41-21-13-12-14-22-41)25-20-26-50(58)42-35-44(60(4,5)6)37-45(36-42)61(7,8)9/h12-40,63-64H,1-11H3. The number of hydrogen-bond donors (Lipinski definition) is 2. The van der Waals surface area contributed by atoms with Crippen LogP contribution in [0, 0.1) is 0 Å². The van der Waals surface area contributed by atoms with E-state index in [2.05, 4.69) is 249 Å². The first kappa shape index (κ1) is 45.3. The summed E-state index contributed by atoms with van der Waals surface area (Å²) in [6, 6.07) is 61.0. The summed E-state index contributed by atoms with van der Waals surface area (Å²) < 4.78 is 6.78. The molecule has 2 heterocycles. The summed E-state index contributed by atoms with van der Waals surface area (Å²) in [4.78, 5) is 7.30. The van der Waals surface area contributed by atoms with Crippen LogP contribution in [0.2, 0.25) is 13.1 Å². The number of aromatic nitrogens is 1. The normalized spacial score (nSPS) is 13.4. The van der Waals surface area contributed by atoms with E-state index in [9.17, 15) is 0 Å². The van der Waals surface area contributed by atoms with Crippen molar-refractivity contribution in [2.45, 2.75) is 91.7 Å². The van der Waals surface area contributed by atoms with Crippen molar-refractivity contribution in [1.82, 2.24) is 4.98 Å². The summed E-state index contributed by atoms with van der Waals surface area (Å²) in [5.74, 6) is 2.43. The first-order valence-electron chi connectivity index (χ1n) is 23.6. The Bertz CT molecular complexity index is 3070. The lowest BCUT2D eigenvalue weighted by Gasteiger charge is -2.40. The van der Waals surface area contributed by atoms with Crippen LogP contribution in [0.5, 0.6) is 11.5 Å². The number of nitrogens with zero attached hydrogens (tertiary/aromatic N) is 2. The van der Waals surface area contributed by atoms with Crippen LogP contribution in [0.4, 0.5) is 39.9 Å². The van der Waals surface area contributed by atoms with E-state index in [0.29, 0.717) is 0 Å². The molecule has 5 nitrogen and oxygen atoms in total. The molecule has 0 aliphatic carbocycles. The second-order valence-electron chi connectivity index (χ2n) is 21.6. The van der Waals surface area contributed by atoms with Crippen molar-refractivity contribution >= 4 is 58.4 Å². The van der Waals surface area contributed by atoms with Crippen molar-refractivity contribution < 1.29 is 4.74 Å². The fourth-order valence-electron chi connectivity index (χ4n) is 9.21. The number of para-hydroxylation sites is 4. The minimum Gasteiger partial charge on any atom is -0.457 e. The van der Waals surface area contributed by atoms with Crippen molar-refractivity contribution in [3.05, 3.63) is 193 Å². The average molecular weight is 897 g/mol. The minimum atomic E-state index is -2.07. The molecule has 9 rings (SSSR count). The molecule has 2 N–H and O–H groups in total. The van der Waals surface area contributed by atoms with Crippen molar-refractivity contribution in [2.24, 2.45) is 0 Å². The molecule has 8 aromatic rings. The van der Waals surface area contributed by atoms with Gasteiger partial charge in [0.15, 0.2) is 0 Å². The molecule has 338 valence electrons. The molecule has 0 radical (unpaired) electrons. The van der Waals surface area contributed by atoms with Crippen molar-refractivity contribution in [3.63, 3.8) is 0 Å². The maximum absolute atomic E-state index is 6.78. The summed E-state index contributed by atoms with van der Waals surface area (Å²) in [6.45, 7) is 25.4. The fourth-order valence-corrected chi connectivity index (χ4v) is 12.2. The van der Waals surface area contributed by atoms with E-state index >= 15 is 0 Å². The molecular formula is C61H64N4OSi. The number of hydrogen-bond acceptors (Lipinski definition) is 5. The number of fused-ring (bicyclic) bond motifs is 2. The van der Waals surface area contributed by atoms with E-state index in [0.717, 1.165) is 62.4 Å². The summed E-state index contributed by atoms with van der Waals surface area (Å²) in [5.41, 5.74) is 14.7. The molecule has 1 aliphatic rings. The van der Waals surface area contributed by atoms with Gasteiger partial charge >= 0.3 is 0 Å². The zero-order chi connectivity index (χ0) is 47.3. The molecule has 6 heteroatoms. The molecular weight excluding hydrogens is 833 g/mol. The van der Waals surface area contributed by atoms with Gasteiger partial charge in [-0.2, -0.15) is 0 Å². The minimum absolute atomic E-state index is 0.0174. The van der Waals surface area contributed by atoms with E-state index in [4.69, 9.17) is 9.72 Å². The molecule has 7 aromatic carbocycles. The fraction of sp³-hybridized carbons (Fsp3) is 0.230. The van der Waals surface area contributed by atoms with E-state index < -0.39 is 8.07 Å². The summed E-state index contributed by atoms with van der Waals surface area (Å²) in [5, 5.41) is 10.5. The van der Waals surface area contributed by atoms with Crippen LogP contribution in [0.1, 0.15) is 79.0 Å². The molecule has 67 heavy (non-hydrogen) atoms. The second kappa shape index (κ2) is 17.4. The first-order valence-corrected chi connectivity index (χ1v) is 26.6. The third-order valence-corrected chi connectivity index (χ3v) is 16.7. The Balaban J connectivity index is 1.06. The van der Waals surface area contributed by atoms with Crippen LogP contribution in [0.15, 0.2) is 176 Å². The summed E-state index contributed by atoms with van der Waals surface area (Å²) in [6.07, 6.45) is 1.94. The van der Waals surface area contributed by atoms with Crippen LogP contribution in [0.25, 0.3) is 22.3 Å². The third-order valence-electron chi connectivity index (χ3n) is 13.2. The van der Waals surface area contributed by atoms with Crippen molar-refractivity contribution in [1.29, 1.82) is 0 Å². The largest absolute Gasteiger partial charge is 0.457 e. The Morgan fingerprint density at radius 3 is 1.73 bits per heavy atom.